The number of halogens is 2. The third kappa shape index (κ3) is 3.58. The summed E-state index contributed by atoms with van der Waals surface area (Å²) in [4.78, 5) is 0. The van der Waals surface area contributed by atoms with Crippen molar-refractivity contribution in [3.05, 3.63) is 65.7 Å². The SMILES string of the molecule is Cc1cc2c(-c3ccccc3)c(C)ccc2[cH-]1.[Cl][Zr][Cl]. The zero-order valence-corrected chi connectivity index (χ0v) is 15.4. The van der Waals surface area contributed by atoms with Crippen molar-refractivity contribution in [2.45, 2.75) is 13.8 Å². The summed E-state index contributed by atoms with van der Waals surface area (Å²) in [6.07, 6.45) is 0. The molecule has 0 saturated heterocycles. The molecule has 0 atom stereocenters. The molecule has 0 bridgehead atoms. The van der Waals surface area contributed by atoms with Crippen LogP contribution in [0.5, 0.6) is 0 Å². The monoisotopic (exact) mass is 379 g/mol. The van der Waals surface area contributed by atoms with Crippen molar-refractivity contribution in [3.8, 4) is 11.1 Å². The van der Waals surface area contributed by atoms with Crippen molar-refractivity contribution >= 4 is 27.8 Å². The van der Waals surface area contributed by atoms with Crippen molar-refractivity contribution in [3.63, 3.8) is 0 Å². The molecule has 0 aliphatic heterocycles. The molecule has 0 aliphatic rings. The molecule has 3 rings (SSSR count). The molecular weight excluding hydrogens is 366 g/mol. The fraction of sp³-hybridized carbons (Fsp3) is 0.118. The van der Waals surface area contributed by atoms with Crippen molar-refractivity contribution in [1.82, 2.24) is 0 Å². The molecule has 3 aromatic carbocycles. The van der Waals surface area contributed by atoms with E-state index in [4.69, 9.17) is 17.0 Å². The first-order valence-corrected chi connectivity index (χ1v) is 12.7. The van der Waals surface area contributed by atoms with Crippen molar-refractivity contribution in [2.75, 3.05) is 0 Å². The Morgan fingerprint density at radius 3 is 2.25 bits per heavy atom. The Bertz CT molecular complexity index is 687. The molecule has 102 valence electrons. The van der Waals surface area contributed by atoms with E-state index in [1.807, 2.05) is 0 Å². The van der Waals surface area contributed by atoms with Crippen LogP contribution in [0.3, 0.4) is 0 Å². The fourth-order valence-corrected chi connectivity index (χ4v) is 2.53. The van der Waals surface area contributed by atoms with Gasteiger partial charge >= 0.3 is 37.9 Å². The van der Waals surface area contributed by atoms with E-state index in [-0.39, 0.29) is 0 Å². The van der Waals surface area contributed by atoms with Crippen LogP contribution in [0.2, 0.25) is 0 Å². The van der Waals surface area contributed by atoms with Gasteiger partial charge < -0.3 is 0 Å². The molecular formula is C17H15Cl2Zr-. The van der Waals surface area contributed by atoms with Crippen LogP contribution in [-0.2, 0) is 20.8 Å². The van der Waals surface area contributed by atoms with Crippen LogP contribution in [0.15, 0.2) is 54.6 Å². The summed E-state index contributed by atoms with van der Waals surface area (Å²) in [5, 5.41) is 2.71. The van der Waals surface area contributed by atoms with E-state index in [1.165, 1.54) is 33.0 Å². The summed E-state index contributed by atoms with van der Waals surface area (Å²) >= 11 is -0.826. The molecule has 3 heteroatoms. The minimum absolute atomic E-state index is 0.826. The van der Waals surface area contributed by atoms with Gasteiger partial charge in [0.05, 0.1) is 0 Å². The number of benzene rings is 2. The summed E-state index contributed by atoms with van der Waals surface area (Å²) in [6, 6.07) is 19.6. The van der Waals surface area contributed by atoms with E-state index in [0.717, 1.165) is 0 Å². The van der Waals surface area contributed by atoms with Crippen molar-refractivity contribution < 1.29 is 20.8 Å². The van der Waals surface area contributed by atoms with Gasteiger partial charge in [-0.15, -0.1) is 34.5 Å². The van der Waals surface area contributed by atoms with Crippen molar-refractivity contribution in [2.24, 2.45) is 0 Å². The normalized spacial score (nSPS) is 10.0. The van der Waals surface area contributed by atoms with Gasteiger partial charge in [0, 0.05) is 0 Å². The molecule has 0 aliphatic carbocycles. The summed E-state index contributed by atoms with van der Waals surface area (Å²) in [7, 11) is 9.87. The third-order valence-electron chi connectivity index (χ3n) is 3.31. The number of rotatable bonds is 1. The van der Waals surface area contributed by atoms with Crippen molar-refractivity contribution in [1.29, 1.82) is 0 Å². The second-order valence-corrected chi connectivity index (χ2v) is 8.46. The second kappa shape index (κ2) is 7.50. The molecule has 0 radical (unpaired) electrons. The molecule has 0 unspecified atom stereocenters. The second-order valence-electron chi connectivity index (χ2n) is 4.73. The van der Waals surface area contributed by atoms with Gasteiger partial charge in [0.1, 0.15) is 0 Å². The van der Waals surface area contributed by atoms with Gasteiger partial charge in [-0.3, -0.25) is 0 Å². The Morgan fingerprint density at radius 1 is 0.950 bits per heavy atom. The van der Waals surface area contributed by atoms with Gasteiger partial charge in [-0.05, 0) is 12.5 Å². The predicted molar refractivity (Wildman–Crippen MR) is 86.2 cm³/mol. The average molecular weight is 381 g/mol. The summed E-state index contributed by atoms with van der Waals surface area (Å²) in [6.45, 7) is 4.34. The topological polar surface area (TPSA) is 0 Å². The van der Waals surface area contributed by atoms with Gasteiger partial charge in [0.2, 0.25) is 0 Å². The summed E-state index contributed by atoms with van der Waals surface area (Å²) < 4.78 is 0. The first kappa shape index (κ1) is 15.9. The zero-order chi connectivity index (χ0) is 14.5. The molecule has 0 nitrogen and oxygen atoms in total. The van der Waals surface area contributed by atoms with E-state index < -0.39 is 20.8 Å². The predicted octanol–water partition coefficient (Wildman–Crippen LogP) is 6.22. The first-order valence-electron chi connectivity index (χ1n) is 6.35. The molecule has 0 spiro atoms. The number of hydrogen-bond donors (Lipinski definition) is 0. The van der Waals surface area contributed by atoms with E-state index in [0.29, 0.717) is 0 Å². The Balaban J connectivity index is 0.000000452. The van der Waals surface area contributed by atoms with E-state index >= 15 is 0 Å². The van der Waals surface area contributed by atoms with Crippen LogP contribution in [0.4, 0.5) is 0 Å². The van der Waals surface area contributed by atoms with Crippen LogP contribution < -0.4 is 0 Å². The number of aryl methyl sites for hydroxylation is 2. The van der Waals surface area contributed by atoms with E-state index in [9.17, 15) is 0 Å². The molecule has 0 saturated carbocycles. The van der Waals surface area contributed by atoms with Crippen LogP contribution in [-0.4, -0.2) is 0 Å². The Hall–Kier alpha value is -0.487. The third-order valence-corrected chi connectivity index (χ3v) is 3.31. The van der Waals surface area contributed by atoms with E-state index in [1.54, 1.807) is 0 Å². The molecule has 3 aromatic rings. The van der Waals surface area contributed by atoms with Gasteiger partial charge in [0.15, 0.2) is 0 Å². The van der Waals surface area contributed by atoms with Crippen LogP contribution in [0, 0.1) is 13.8 Å². The molecule has 0 aromatic heterocycles. The summed E-state index contributed by atoms with van der Waals surface area (Å²) in [5.41, 5.74) is 5.36. The number of hydrogen-bond acceptors (Lipinski definition) is 0. The average Bonchev–Trinajstić information content (AvgIpc) is 2.81. The number of fused-ring (bicyclic) bond motifs is 1. The Morgan fingerprint density at radius 2 is 1.60 bits per heavy atom. The Labute approximate surface area is 138 Å². The molecule has 0 fully saturated rings. The van der Waals surface area contributed by atoms with Gasteiger partial charge in [-0.2, -0.15) is 6.07 Å². The Kier molecular flexibility index (Phi) is 5.96. The fourth-order valence-electron chi connectivity index (χ4n) is 2.53. The van der Waals surface area contributed by atoms with Gasteiger partial charge in [-0.25, -0.2) is 0 Å². The van der Waals surface area contributed by atoms with Gasteiger partial charge in [-0.1, -0.05) is 48.4 Å². The molecule has 20 heavy (non-hydrogen) atoms. The standard InChI is InChI=1S/C17H15.2ClH.Zr/c1-12-10-15-9-8-13(2)17(16(15)11-12)14-6-4-3-5-7-14;;;/h3-11H,1-2H3;2*1H;/q-1;;;+2/p-2. The zero-order valence-electron chi connectivity index (χ0n) is 11.5. The first-order chi connectivity index (χ1) is 9.67. The van der Waals surface area contributed by atoms with E-state index in [2.05, 4.69) is 68.4 Å². The minimum atomic E-state index is -0.826. The van der Waals surface area contributed by atoms with Crippen LogP contribution in [0.25, 0.3) is 21.9 Å². The van der Waals surface area contributed by atoms with Gasteiger partial charge in [0.25, 0.3) is 0 Å². The maximum atomic E-state index is 4.93. The quantitative estimate of drug-likeness (QED) is 0.439. The van der Waals surface area contributed by atoms with Crippen LogP contribution in [0.1, 0.15) is 11.1 Å². The molecule has 0 N–H and O–H groups in total. The van der Waals surface area contributed by atoms with Crippen LogP contribution >= 0.6 is 17.0 Å². The molecule has 0 heterocycles. The summed E-state index contributed by atoms with van der Waals surface area (Å²) in [5.74, 6) is 0. The maximum absolute atomic E-state index is 4.93. The molecule has 0 amide bonds.